The van der Waals surface area contributed by atoms with Crippen molar-refractivity contribution in [2.45, 2.75) is 0 Å². The summed E-state index contributed by atoms with van der Waals surface area (Å²) in [6.07, 6.45) is 3.87. The quantitative estimate of drug-likeness (QED) is 0.630. The SMILES string of the molecule is Cn1ccc(-c2nn[nH]n2)c1. The van der Waals surface area contributed by atoms with Gasteiger partial charge in [-0.25, -0.2) is 0 Å². The summed E-state index contributed by atoms with van der Waals surface area (Å²) in [7, 11) is 1.95. The lowest BCUT2D eigenvalue weighted by atomic mass is 10.3. The Balaban J connectivity index is 2.45. The van der Waals surface area contributed by atoms with Crippen LogP contribution >= 0.6 is 0 Å². The van der Waals surface area contributed by atoms with Crippen LogP contribution in [0.25, 0.3) is 11.4 Å². The van der Waals surface area contributed by atoms with Gasteiger partial charge in [0.15, 0.2) is 0 Å². The van der Waals surface area contributed by atoms with Crippen molar-refractivity contribution < 1.29 is 0 Å². The number of aromatic amines is 1. The number of aromatic nitrogens is 5. The average Bonchev–Trinajstić information content (AvgIpc) is 2.55. The van der Waals surface area contributed by atoms with Crippen LogP contribution in [0.4, 0.5) is 0 Å². The highest BCUT2D eigenvalue weighted by molar-refractivity contribution is 5.52. The zero-order valence-corrected chi connectivity index (χ0v) is 6.02. The molecule has 0 spiro atoms. The molecule has 0 aliphatic heterocycles. The number of H-pyrrole nitrogens is 1. The maximum atomic E-state index is 3.84. The first kappa shape index (κ1) is 6.09. The second-order valence-electron chi connectivity index (χ2n) is 2.30. The summed E-state index contributed by atoms with van der Waals surface area (Å²) in [5.41, 5.74) is 0.973. The van der Waals surface area contributed by atoms with E-state index >= 15 is 0 Å². The molecule has 2 aromatic rings. The van der Waals surface area contributed by atoms with Crippen LogP contribution in [0.3, 0.4) is 0 Å². The molecular formula is C6H7N5. The minimum atomic E-state index is 0.630. The van der Waals surface area contributed by atoms with Crippen molar-refractivity contribution in [3.05, 3.63) is 18.5 Å². The topological polar surface area (TPSA) is 59.4 Å². The Kier molecular flexibility index (Phi) is 1.21. The van der Waals surface area contributed by atoms with Crippen molar-refractivity contribution in [2.24, 2.45) is 7.05 Å². The first-order valence-corrected chi connectivity index (χ1v) is 3.22. The van der Waals surface area contributed by atoms with Gasteiger partial charge in [-0.15, -0.1) is 10.2 Å². The molecule has 0 aromatic carbocycles. The Bertz CT molecular complexity index is 333. The molecule has 5 heteroatoms. The van der Waals surface area contributed by atoms with Gasteiger partial charge >= 0.3 is 0 Å². The molecule has 0 aliphatic carbocycles. The van der Waals surface area contributed by atoms with E-state index in [1.54, 1.807) is 0 Å². The van der Waals surface area contributed by atoms with Gasteiger partial charge in [0.1, 0.15) is 0 Å². The van der Waals surface area contributed by atoms with E-state index in [9.17, 15) is 0 Å². The summed E-state index contributed by atoms with van der Waals surface area (Å²) in [5, 5.41) is 13.5. The smallest absolute Gasteiger partial charge is 0.206 e. The lowest BCUT2D eigenvalue weighted by molar-refractivity contribution is 0.881. The number of nitrogens with one attached hydrogen (secondary N) is 1. The van der Waals surface area contributed by atoms with Gasteiger partial charge in [-0.1, -0.05) is 0 Å². The van der Waals surface area contributed by atoms with E-state index in [4.69, 9.17) is 0 Å². The lowest BCUT2D eigenvalue weighted by Crippen LogP contribution is -1.80. The van der Waals surface area contributed by atoms with E-state index in [0.29, 0.717) is 5.82 Å². The first-order valence-electron chi connectivity index (χ1n) is 3.22. The number of hydrogen-bond acceptors (Lipinski definition) is 3. The van der Waals surface area contributed by atoms with Crippen molar-refractivity contribution in [3.63, 3.8) is 0 Å². The largest absolute Gasteiger partial charge is 0.357 e. The minimum absolute atomic E-state index is 0.630. The molecule has 56 valence electrons. The maximum absolute atomic E-state index is 3.84. The highest BCUT2D eigenvalue weighted by Gasteiger charge is 2.01. The summed E-state index contributed by atoms with van der Waals surface area (Å²) in [4.78, 5) is 0. The molecule has 11 heavy (non-hydrogen) atoms. The standard InChI is InChI=1S/C6H7N5/c1-11-3-2-5(4-11)6-7-9-10-8-6/h2-4H,1H3,(H,7,8,9,10). The molecule has 2 heterocycles. The van der Waals surface area contributed by atoms with Crippen molar-refractivity contribution >= 4 is 0 Å². The van der Waals surface area contributed by atoms with E-state index in [1.807, 2.05) is 30.1 Å². The van der Waals surface area contributed by atoms with Crippen molar-refractivity contribution in [1.82, 2.24) is 25.2 Å². The van der Waals surface area contributed by atoms with Gasteiger partial charge < -0.3 is 4.57 Å². The first-order chi connectivity index (χ1) is 5.36. The van der Waals surface area contributed by atoms with Gasteiger partial charge in [0.25, 0.3) is 0 Å². The van der Waals surface area contributed by atoms with Crippen LogP contribution in [-0.4, -0.2) is 25.2 Å². The van der Waals surface area contributed by atoms with E-state index in [2.05, 4.69) is 20.6 Å². The summed E-state index contributed by atoms with van der Waals surface area (Å²) in [6, 6.07) is 1.94. The lowest BCUT2D eigenvalue weighted by Gasteiger charge is -1.84. The van der Waals surface area contributed by atoms with Crippen LogP contribution in [0.15, 0.2) is 18.5 Å². The fraction of sp³-hybridized carbons (Fsp3) is 0.167. The summed E-state index contributed by atoms with van der Waals surface area (Å²) < 4.78 is 1.94. The average molecular weight is 149 g/mol. The van der Waals surface area contributed by atoms with Crippen LogP contribution in [-0.2, 0) is 7.05 Å². The third-order valence-electron chi connectivity index (χ3n) is 1.44. The molecule has 0 saturated heterocycles. The van der Waals surface area contributed by atoms with Gasteiger partial charge in [0, 0.05) is 25.0 Å². The highest BCUT2D eigenvalue weighted by Crippen LogP contribution is 2.11. The van der Waals surface area contributed by atoms with Crippen LogP contribution in [0.5, 0.6) is 0 Å². The Morgan fingerprint density at radius 3 is 3.00 bits per heavy atom. The van der Waals surface area contributed by atoms with Crippen LogP contribution in [0.2, 0.25) is 0 Å². The molecule has 1 N–H and O–H groups in total. The molecule has 0 aliphatic rings. The number of nitrogens with zero attached hydrogens (tertiary/aromatic N) is 4. The van der Waals surface area contributed by atoms with Gasteiger partial charge in [-0.05, 0) is 11.3 Å². The Labute approximate surface area is 63.0 Å². The number of rotatable bonds is 1. The number of aryl methyl sites for hydroxylation is 1. The van der Waals surface area contributed by atoms with Crippen molar-refractivity contribution in [1.29, 1.82) is 0 Å². The third kappa shape index (κ3) is 1.000. The molecule has 5 nitrogen and oxygen atoms in total. The van der Waals surface area contributed by atoms with E-state index in [-0.39, 0.29) is 0 Å². The molecule has 2 rings (SSSR count). The monoisotopic (exact) mass is 149 g/mol. The normalized spacial score (nSPS) is 10.3. The Morgan fingerprint density at radius 1 is 1.55 bits per heavy atom. The molecule has 0 unspecified atom stereocenters. The number of hydrogen-bond donors (Lipinski definition) is 1. The second-order valence-corrected chi connectivity index (χ2v) is 2.30. The van der Waals surface area contributed by atoms with Gasteiger partial charge in [0.2, 0.25) is 5.82 Å². The van der Waals surface area contributed by atoms with Gasteiger partial charge in [0.05, 0.1) is 0 Å². The predicted molar refractivity (Wildman–Crippen MR) is 38.6 cm³/mol. The highest BCUT2D eigenvalue weighted by atomic mass is 15.5. The zero-order chi connectivity index (χ0) is 7.68. The van der Waals surface area contributed by atoms with Crippen LogP contribution in [0.1, 0.15) is 0 Å². The zero-order valence-electron chi connectivity index (χ0n) is 6.02. The molecule has 0 saturated carbocycles. The van der Waals surface area contributed by atoms with Crippen molar-refractivity contribution in [2.75, 3.05) is 0 Å². The fourth-order valence-electron chi connectivity index (χ4n) is 0.920. The molecular weight excluding hydrogens is 142 g/mol. The summed E-state index contributed by atoms with van der Waals surface area (Å²) in [5.74, 6) is 0.630. The van der Waals surface area contributed by atoms with E-state index in [1.165, 1.54) is 0 Å². The minimum Gasteiger partial charge on any atom is -0.357 e. The fourth-order valence-corrected chi connectivity index (χ4v) is 0.920. The molecule has 0 atom stereocenters. The Morgan fingerprint density at radius 2 is 2.45 bits per heavy atom. The number of tetrazole rings is 1. The second kappa shape index (κ2) is 2.19. The van der Waals surface area contributed by atoms with Gasteiger partial charge in [-0.2, -0.15) is 5.21 Å². The molecule has 0 amide bonds. The summed E-state index contributed by atoms with van der Waals surface area (Å²) >= 11 is 0. The van der Waals surface area contributed by atoms with Gasteiger partial charge in [-0.3, -0.25) is 0 Å². The molecule has 0 fully saturated rings. The third-order valence-corrected chi connectivity index (χ3v) is 1.44. The predicted octanol–water partition coefficient (Wildman–Crippen LogP) is 0.205. The summed E-state index contributed by atoms with van der Waals surface area (Å²) in [6.45, 7) is 0. The van der Waals surface area contributed by atoms with Crippen LogP contribution < -0.4 is 0 Å². The molecule has 0 radical (unpaired) electrons. The van der Waals surface area contributed by atoms with Crippen molar-refractivity contribution in [3.8, 4) is 11.4 Å². The van der Waals surface area contributed by atoms with E-state index < -0.39 is 0 Å². The maximum Gasteiger partial charge on any atom is 0.206 e. The molecule has 2 aromatic heterocycles. The van der Waals surface area contributed by atoms with Crippen LogP contribution in [0, 0.1) is 0 Å². The Hall–Kier alpha value is -1.65. The molecule has 0 bridgehead atoms. The van der Waals surface area contributed by atoms with E-state index in [0.717, 1.165) is 5.56 Å².